The van der Waals surface area contributed by atoms with Gasteiger partial charge in [-0.2, -0.15) is 10.2 Å². The zero-order valence-electron chi connectivity index (χ0n) is 24.6. The summed E-state index contributed by atoms with van der Waals surface area (Å²) in [6, 6.07) is 28.6. The van der Waals surface area contributed by atoms with Crippen LogP contribution in [0.2, 0.25) is 0 Å². The molecule has 0 amide bonds. The second-order valence-electron chi connectivity index (χ2n) is 10.4. The normalized spacial score (nSPS) is 12.1. The van der Waals surface area contributed by atoms with Gasteiger partial charge in [0.15, 0.2) is 0 Å². The van der Waals surface area contributed by atoms with Crippen LogP contribution >= 0.6 is 0 Å². The van der Waals surface area contributed by atoms with Crippen LogP contribution in [0.1, 0.15) is 11.1 Å². The Kier molecular flexibility index (Phi) is 8.44. The zero-order valence-corrected chi connectivity index (χ0v) is 26.2. The highest BCUT2D eigenvalue weighted by Gasteiger charge is 2.15. The number of azo groups is 2. The molecule has 0 fully saturated rings. The van der Waals surface area contributed by atoms with Crippen LogP contribution in [0.3, 0.4) is 0 Å². The molecule has 0 aliphatic heterocycles. The molecular weight excluding hydrogens is 653 g/mol. The smallest absolute Gasteiger partial charge is 0.125 e. The average molecular weight is 675 g/mol. The summed E-state index contributed by atoms with van der Waals surface area (Å²) in [5.41, 5.74) is 15.1. The molecule has 0 heterocycles. The lowest BCUT2D eigenvalue weighted by Gasteiger charge is -2.13. The van der Waals surface area contributed by atoms with Gasteiger partial charge in [0.05, 0.1) is 32.5 Å². The highest BCUT2D eigenvalue weighted by molar-refractivity contribution is 7.86. The van der Waals surface area contributed by atoms with Gasteiger partial charge >= 0.3 is 0 Å². The van der Waals surface area contributed by atoms with Gasteiger partial charge in [0.25, 0.3) is 0 Å². The molecule has 14 heteroatoms. The maximum atomic E-state index is 11.9. The standard InChI is InChI=1S/C34H24N6O6S2/c35-33-27-7-3-1-5-25(27)31(47(41,42)43)19-29(33)39-37-23-15-11-21(12-16-23)9-10-22-13-17-24(18-14-22)38-40-30-20-32(48(44,45)46)26-6-2-4-8-28(26)34(30)36/h1-8,11-20H,35-36H2,(H,41,42,43)(H,44,45,46)/p-2. The van der Waals surface area contributed by atoms with E-state index in [0.717, 1.165) is 12.1 Å². The number of rotatable bonds is 6. The summed E-state index contributed by atoms with van der Waals surface area (Å²) in [6.45, 7) is 0. The molecule has 6 aromatic carbocycles. The Morgan fingerprint density at radius 1 is 0.479 bits per heavy atom. The lowest BCUT2D eigenvalue weighted by molar-refractivity contribution is 0.462. The van der Waals surface area contributed by atoms with Crippen molar-refractivity contribution in [3.05, 3.63) is 120 Å². The minimum absolute atomic E-state index is 0.0517. The molecule has 0 aliphatic carbocycles. The van der Waals surface area contributed by atoms with E-state index in [1.54, 1.807) is 84.9 Å². The predicted octanol–water partition coefficient (Wildman–Crippen LogP) is 7.20. The van der Waals surface area contributed by atoms with E-state index in [-0.39, 0.29) is 33.5 Å². The maximum Gasteiger partial charge on any atom is 0.125 e. The van der Waals surface area contributed by atoms with Gasteiger partial charge in [0, 0.05) is 32.7 Å². The van der Waals surface area contributed by atoms with Crippen LogP contribution in [-0.4, -0.2) is 25.9 Å². The first kappa shape index (κ1) is 32.0. The van der Waals surface area contributed by atoms with Crippen molar-refractivity contribution in [1.29, 1.82) is 0 Å². The molecule has 6 rings (SSSR count). The second-order valence-corrected chi connectivity index (χ2v) is 13.1. The number of hydrogen-bond acceptors (Lipinski definition) is 12. The molecule has 0 unspecified atom stereocenters. The van der Waals surface area contributed by atoms with Crippen LogP contribution in [0.25, 0.3) is 21.5 Å². The highest BCUT2D eigenvalue weighted by atomic mass is 32.2. The number of anilines is 2. The van der Waals surface area contributed by atoms with Crippen LogP contribution in [-0.2, 0) is 20.2 Å². The largest absolute Gasteiger partial charge is 0.744 e. The number of nitrogens with zero attached hydrogens (tertiary/aromatic N) is 4. The summed E-state index contributed by atoms with van der Waals surface area (Å²) in [6.07, 6.45) is 0. The number of benzene rings is 6. The number of nitrogens with two attached hydrogens (primary N) is 2. The van der Waals surface area contributed by atoms with Crippen molar-refractivity contribution in [2.24, 2.45) is 20.5 Å². The molecule has 0 spiro atoms. The third-order valence-corrected chi connectivity index (χ3v) is 8.98. The summed E-state index contributed by atoms with van der Waals surface area (Å²) in [5.74, 6) is 6.07. The van der Waals surface area contributed by atoms with Crippen molar-refractivity contribution >= 4 is 75.9 Å². The van der Waals surface area contributed by atoms with E-state index in [1.165, 1.54) is 12.1 Å². The Morgan fingerprint density at radius 2 is 0.812 bits per heavy atom. The lowest BCUT2D eigenvalue weighted by Crippen LogP contribution is -2.01. The van der Waals surface area contributed by atoms with Gasteiger partial charge in [-0.15, -0.1) is 10.2 Å². The average Bonchev–Trinajstić information content (AvgIpc) is 3.07. The molecule has 0 aromatic heterocycles. The Morgan fingerprint density at radius 3 is 1.15 bits per heavy atom. The molecule has 0 aliphatic rings. The summed E-state index contributed by atoms with van der Waals surface area (Å²) >= 11 is 0. The Labute approximate surface area is 275 Å². The van der Waals surface area contributed by atoms with Gasteiger partial charge in [0.2, 0.25) is 0 Å². The van der Waals surface area contributed by atoms with Crippen LogP contribution in [0.4, 0.5) is 34.1 Å². The molecule has 12 nitrogen and oxygen atoms in total. The van der Waals surface area contributed by atoms with Gasteiger partial charge in [-0.3, -0.25) is 0 Å². The molecule has 0 bridgehead atoms. The van der Waals surface area contributed by atoms with E-state index in [2.05, 4.69) is 32.3 Å². The van der Waals surface area contributed by atoms with Crippen molar-refractivity contribution in [3.63, 3.8) is 0 Å². The SMILES string of the molecule is Nc1c(N=Nc2ccc(C#Cc3ccc(N=Nc4cc(S(=O)(=O)[O-])c5ccccc5c4N)cc3)cc2)cc(S(=O)(=O)[O-])c2ccccc12. The minimum atomic E-state index is -4.78. The molecule has 0 saturated carbocycles. The molecular formula is C34H22N6O6S2-2. The third kappa shape index (κ3) is 6.75. The second kappa shape index (κ2) is 12.7. The number of nitrogen functional groups attached to an aromatic ring is 2. The van der Waals surface area contributed by atoms with Crippen molar-refractivity contribution in [3.8, 4) is 11.8 Å². The highest BCUT2D eigenvalue weighted by Crippen LogP contribution is 2.38. The monoisotopic (exact) mass is 674 g/mol. The van der Waals surface area contributed by atoms with Gasteiger partial charge in [-0.1, -0.05) is 60.4 Å². The fraction of sp³-hybridized carbons (Fsp3) is 0. The van der Waals surface area contributed by atoms with Gasteiger partial charge in [0.1, 0.15) is 31.6 Å². The van der Waals surface area contributed by atoms with E-state index in [0.29, 0.717) is 33.3 Å². The van der Waals surface area contributed by atoms with E-state index < -0.39 is 30.0 Å². The zero-order chi connectivity index (χ0) is 34.1. The van der Waals surface area contributed by atoms with Crippen molar-refractivity contribution in [2.45, 2.75) is 9.79 Å². The Hall–Kier alpha value is -5.98. The van der Waals surface area contributed by atoms with Crippen LogP contribution in [0.5, 0.6) is 0 Å². The van der Waals surface area contributed by atoms with Crippen LogP contribution in [0, 0.1) is 11.8 Å². The molecule has 4 N–H and O–H groups in total. The summed E-state index contributed by atoms with van der Waals surface area (Å²) in [4.78, 5) is -0.853. The number of fused-ring (bicyclic) bond motifs is 2. The Balaban J connectivity index is 1.17. The first-order valence-corrected chi connectivity index (χ1v) is 16.8. The quantitative estimate of drug-likeness (QED) is 0.0795. The minimum Gasteiger partial charge on any atom is -0.744 e. The number of hydrogen-bond donors (Lipinski definition) is 2. The van der Waals surface area contributed by atoms with Crippen LogP contribution in [0.15, 0.2) is 139 Å². The maximum absolute atomic E-state index is 11.9. The molecule has 48 heavy (non-hydrogen) atoms. The molecule has 0 radical (unpaired) electrons. The molecule has 0 atom stereocenters. The van der Waals surface area contributed by atoms with Gasteiger partial charge in [-0.25, -0.2) is 16.8 Å². The topological polar surface area (TPSA) is 216 Å². The summed E-state index contributed by atoms with van der Waals surface area (Å²) in [7, 11) is -9.57. The molecule has 238 valence electrons. The van der Waals surface area contributed by atoms with E-state index >= 15 is 0 Å². The van der Waals surface area contributed by atoms with Gasteiger partial charge < -0.3 is 20.6 Å². The van der Waals surface area contributed by atoms with Crippen LogP contribution < -0.4 is 11.5 Å². The van der Waals surface area contributed by atoms with E-state index in [4.69, 9.17) is 11.5 Å². The van der Waals surface area contributed by atoms with E-state index in [9.17, 15) is 25.9 Å². The van der Waals surface area contributed by atoms with Crippen molar-refractivity contribution < 1.29 is 25.9 Å². The summed E-state index contributed by atoms with van der Waals surface area (Å²) < 4.78 is 71.1. The molecule has 0 saturated heterocycles. The van der Waals surface area contributed by atoms with E-state index in [1.807, 2.05) is 0 Å². The Bertz CT molecular complexity index is 2400. The van der Waals surface area contributed by atoms with Crippen molar-refractivity contribution in [2.75, 3.05) is 11.5 Å². The first-order chi connectivity index (χ1) is 22.9. The van der Waals surface area contributed by atoms with Crippen molar-refractivity contribution in [1.82, 2.24) is 0 Å². The van der Waals surface area contributed by atoms with Gasteiger partial charge in [-0.05, 0) is 60.7 Å². The fourth-order valence-corrected chi connectivity index (χ4v) is 6.28. The first-order valence-electron chi connectivity index (χ1n) is 14.0. The summed E-state index contributed by atoms with van der Waals surface area (Å²) in [5, 5.41) is 17.7. The third-order valence-electron chi connectivity index (χ3n) is 7.22. The predicted molar refractivity (Wildman–Crippen MR) is 180 cm³/mol. The molecule has 6 aromatic rings. The fourth-order valence-electron chi connectivity index (χ4n) is 4.87. The lowest BCUT2D eigenvalue weighted by atomic mass is 10.1.